The Morgan fingerprint density at radius 2 is 2.00 bits per heavy atom. The summed E-state index contributed by atoms with van der Waals surface area (Å²) >= 11 is 5.37. The van der Waals surface area contributed by atoms with E-state index in [9.17, 15) is 19.5 Å². The van der Waals surface area contributed by atoms with Gasteiger partial charge in [0, 0.05) is 22.3 Å². The molecule has 9 heteroatoms. The second kappa shape index (κ2) is 11.5. The van der Waals surface area contributed by atoms with Crippen molar-refractivity contribution in [1.82, 2.24) is 4.90 Å². The molecule has 5 rings (SSSR count). The van der Waals surface area contributed by atoms with E-state index in [1.807, 2.05) is 56.3 Å². The molecule has 3 unspecified atom stereocenters. The molecule has 3 fully saturated rings. The number of anilines is 1. The highest BCUT2D eigenvalue weighted by Crippen LogP contribution is 2.68. The summed E-state index contributed by atoms with van der Waals surface area (Å²) in [5.74, 6) is -1.99. The van der Waals surface area contributed by atoms with Crippen LogP contribution in [0.2, 0.25) is 0 Å². The minimum Gasteiger partial charge on any atom is -0.466 e. The van der Waals surface area contributed by atoms with Crippen LogP contribution in [0.15, 0.2) is 55.1 Å². The SMILES string of the molecule is C=CCN(C(=O)C1N([C@@H](CO)CC(C)C)C(=O)[C@@H]2[C@H](C(=O)OCC)[C@H]3SC12CC3Br)c1ccc2ccccc2c1. The maximum atomic E-state index is 14.8. The Morgan fingerprint density at radius 3 is 2.65 bits per heavy atom. The fourth-order valence-electron chi connectivity index (χ4n) is 7.01. The first-order chi connectivity index (χ1) is 19.2. The summed E-state index contributed by atoms with van der Waals surface area (Å²) in [7, 11) is 0. The van der Waals surface area contributed by atoms with Crippen LogP contribution in [-0.4, -0.2) is 74.5 Å². The van der Waals surface area contributed by atoms with Crippen molar-refractivity contribution in [3.05, 3.63) is 55.1 Å². The lowest BCUT2D eigenvalue weighted by Crippen LogP contribution is -2.58. The maximum Gasteiger partial charge on any atom is 0.310 e. The number of likely N-dealkylation sites (tertiary alicyclic amines) is 1. The number of rotatable bonds is 10. The number of thioether (sulfide) groups is 1. The standard InChI is InChI=1S/C31H37BrN2O5S/c1-5-13-33(21-12-11-19-9-7-8-10-20(19)15-21)29(37)27-31-16-23(32)26(40-31)24(30(38)39-6-2)25(31)28(36)34(27)22(17-35)14-18(3)4/h5,7-12,15,18,22-27,35H,1,6,13-14,16-17H2,2-4H3/t22-,23?,24+,25+,26+,27?,31?/m1/s1. The van der Waals surface area contributed by atoms with E-state index in [1.165, 1.54) is 0 Å². The molecular formula is C31H37BrN2O5S. The molecule has 214 valence electrons. The molecule has 3 heterocycles. The van der Waals surface area contributed by atoms with E-state index >= 15 is 0 Å². The van der Waals surface area contributed by atoms with Crippen LogP contribution in [0, 0.1) is 17.8 Å². The maximum absolute atomic E-state index is 14.8. The van der Waals surface area contributed by atoms with Gasteiger partial charge in [0.05, 0.1) is 35.8 Å². The van der Waals surface area contributed by atoms with Gasteiger partial charge in [-0.1, -0.05) is 66.2 Å². The monoisotopic (exact) mass is 628 g/mol. The smallest absolute Gasteiger partial charge is 0.310 e. The number of ether oxygens (including phenoxy) is 1. The molecule has 2 aromatic carbocycles. The molecule has 0 aromatic heterocycles. The molecule has 2 bridgehead atoms. The minimum atomic E-state index is -0.846. The van der Waals surface area contributed by atoms with Gasteiger partial charge in [-0.05, 0) is 48.6 Å². The molecular weight excluding hydrogens is 592 g/mol. The second-order valence-electron chi connectivity index (χ2n) is 11.4. The number of esters is 1. The van der Waals surface area contributed by atoms with Crippen LogP contribution in [0.4, 0.5) is 5.69 Å². The first kappa shape index (κ1) is 29.1. The Balaban J connectivity index is 1.63. The molecule has 0 aliphatic carbocycles. The number of nitrogens with zero attached hydrogens (tertiary/aromatic N) is 2. The zero-order valence-electron chi connectivity index (χ0n) is 23.2. The Bertz CT molecular complexity index is 1320. The summed E-state index contributed by atoms with van der Waals surface area (Å²) in [5, 5.41) is 12.4. The number of carbonyl (C=O) groups excluding carboxylic acids is 3. The fourth-order valence-corrected chi connectivity index (χ4v) is 10.6. The molecule has 1 spiro atoms. The van der Waals surface area contributed by atoms with Gasteiger partial charge in [-0.25, -0.2) is 0 Å². The van der Waals surface area contributed by atoms with Gasteiger partial charge in [-0.15, -0.1) is 18.3 Å². The number of aliphatic hydroxyl groups is 1. The van der Waals surface area contributed by atoms with Crippen molar-refractivity contribution in [1.29, 1.82) is 0 Å². The number of carbonyl (C=O) groups is 3. The molecule has 2 amide bonds. The van der Waals surface area contributed by atoms with Gasteiger partial charge in [0.15, 0.2) is 0 Å². The second-order valence-corrected chi connectivity index (χ2v) is 14.1. The minimum absolute atomic E-state index is 0.0441. The van der Waals surface area contributed by atoms with Crippen LogP contribution in [0.5, 0.6) is 0 Å². The molecule has 7 atom stereocenters. The lowest BCUT2D eigenvalue weighted by atomic mass is 9.71. The third kappa shape index (κ3) is 4.68. The highest BCUT2D eigenvalue weighted by Gasteiger charge is 2.76. The fraction of sp³-hybridized carbons (Fsp3) is 0.516. The predicted molar refractivity (Wildman–Crippen MR) is 163 cm³/mol. The molecule has 1 N–H and O–H groups in total. The summed E-state index contributed by atoms with van der Waals surface area (Å²) in [4.78, 5) is 45.7. The van der Waals surface area contributed by atoms with E-state index in [0.717, 1.165) is 16.5 Å². The van der Waals surface area contributed by atoms with E-state index in [-0.39, 0.29) is 53.5 Å². The zero-order valence-corrected chi connectivity index (χ0v) is 25.6. The number of halogens is 1. The van der Waals surface area contributed by atoms with Crippen LogP contribution in [-0.2, 0) is 19.1 Å². The molecule has 7 nitrogen and oxygen atoms in total. The van der Waals surface area contributed by atoms with E-state index in [2.05, 4.69) is 22.5 Å². The van der Waals surface area contributed by atoms with Crippen molar-refractivity contribution in [3.8, 4) is 0 Å². The lowest BCUT2D eigenvalue weighted by molar-refractivity contribution is -0.154. The van der Waals surface area contributed by atoms with Crippen molar-refractivity contribution in [2.75, 3.05) is 24.7 Å². The van der Waals surface area contributed by atoms with Crippen LogP contribution >= 0.6 is 27.7 Å². The molecule has 3 saturated heterocycles. The number of aliphatic hydroxyl groups excluding tert-OH is 1. The van der Waals surface area contributed by atoms with Crippen molar-refractivity contribution in [2.24, 2.45) is 17.8 Å². The number of benzene rings is 2. The van der Waals surface area contributed by atoms with Gasteiger partial charge in [-0.2, -0.15) is 0 Å². The molecule has 0 radical (unpaired) electrons. The van der Waals surface area contributed by atoms with Crippen molar-refractivity contribution >= 4 is 61.9 Å². The van der Waals surface area contributed by atoms with Crippen LogP contribution in [0.25, 0.3) is 10.8 Å². The van der Waals surface area contributed by atoms with E-state index < -0.39 is 28.7 Å². The molecule has 3 aliphatic rings. The van der Waals surface area contributed by atoms with Crippen LogP contribution in [0.3, 0.4) is 0 Å². The van der Waals surface area contributed by atoms with Crippen LogP contribution < -0.4 is 4.90 Å². The summed E-state index contributed by atoms with van der Waals surface area (Å²) < 4.78 is 4.64. The van der Waals surface area contributed by atoms with Crippen molar-refractivity contribution in [3.63, 3.8) is 0 Å². The van der Waals surface area contributed by atoms with E-state index in [0.29, 0.717) is 12.8 Å². The van der Waals surface area contributed by atoms with Crippen molar-refractivity contribution < 1.29 is 24.2 Å². The Labute approximate surface area is 248 Å². The number of hydrogen-bond donors (Lipinski definition) is 1. The van der Waals surface area contributed by atoms with Gasteiger partial charge in [0.25, 0.3) is 5.91 Å². The van der Waals surface area contributed by atoms with Gasteiger partial charge >= 0.3 is 5.97 Å². The third-order valence-electron chi connectivity index (χ3n) is 8.49. The lowest BCUT2D eigenvalue weighted by Gasteiger charge is -2.40. The largest absolute Gasteiger partial charge is 0.466 e. The summed E-state index contributed by atoms with van der Waals surface area (Å²) in [6.07, 6.45) is 2.80. The normalized spacial score (nSPS) is 29.6. The summed E-state index contributed by atoms with van der Waals surface area (Å²) in [6, 6.07) is 12.5. The molecule has 0 saturated carbocycles. The topological polar surface area (TPSA) is 87.2 Å². The first-order valence-electron chi connectivity index (χ1n) is 14.0. The Morgan fingerprint density at radius 1 is 1.27 bits per heavy atom. The summed E-state index contributed by atoms with van der Waals surface area (Å²) in [6.45, 7) is 9.97. The Hall–Kier alpha value is -2.36. The van der Waals surface area contributed by atoms with Crippen LogP contribution in [0.1, 0.15) is 33.6 Å². The number of hydrogen-bond acceptors (Lipinski definition) is 6. The number of alkyl halides is 1. The first-order valence-corrected chi connectivity index (χ1v) is 15.8. The predicted octanol–water partition coefficient (Wildman–Crippen LogP) is 4.79. The molecule has 3 aliphatic heterocycles. The Kier molecular flexibility index (Phi) is 8.37. The number of fused-ring (bicyclic) bond motifs is 2. The number of amides is 2. The van der Waals surface area contributed by atoms with Gasteiger partial charge < -0.3 is 19.6 Å². The summed E-state index contributed by atoms with van der Waals surface area (Å²) in [5.41, 5.74) is 0.718. The van der Waals surface area contributed by atoms with Gasteiger partial charge in [0.1, 0.15) is 6.04 Å². The quantitative estimate of drug-likeness (QED) is 0.231. The average molecular weight is 630 g/mol. The van der Waals surface area contributed by atoms with E-state index in [1.54, 1.807) is 34.6 Å². The van der Waals surface area contributed by atoms with Gasteiger partial charge in [-0.3, -0.25) is 14.4 Å². The van der Waals surface area contributed by atoms with Crippen molar-refractivity contribution in [2.45, 2.75) is 60.5 Å². The van der Waals surface area contributed by atoms with E-state index in [4.69, 9.17) is 4.74 Å². The van der Waals surface area contributed by atoms with Gasteiger partial charge in [0.2, 0.25) is 5.91 Å². The molecule has 40 heavy (non-hydrogen) atoms. The molecule has 2 aromatic rings. The highest BCUT2D eigenvalue weighted by molar-refractivity contribution is 9.09. The average Bonchev–Trinajstić information content (AvgIpc) is 3.53. The third-order valence-corrected chi connectivity index (χ3v) is 11.7. The highest BCUT2D eigenvalue weighted by atomic mass is 79.9. The zero-order chi connectivity index (χ0) is 28.8.